The van der Waals surface area contributed by atoms with Gasteiger partial charge in [-0.2, -0.15) is 0 Å². The van der Waals surface area contributed by atoms with Gasteiger partial charge in [0, 0.05) is 37.9 Å². The van der Waals surface area contributed by atoms with Crippen LogP contribution in [0.5, 0.6) is 0 Å². The molecule has 0 bridgehead atoms. The van der Waals surface area contributed by atoms with Gasteiger partial charge in [-0.3, -0.25) is 29.5 Å². The first-order chi connectivity index (χ1) is 23.4. The second-order valence-electron chi connectivity index (χ2n) is 13.2. The van der Waals surface area contributed by atoms with Crippen LogP contribution in [-0.2, 0) is 25.6 Å². The predicted octanol–water partition coefficient (Wildman–Crippen LogP) is 2.73. The van der Waals surface area contributed by atoms with E-state index in [0.29, 0.717) is 50.8 Å². The van der Waals surface area contributed by atoms with Gasteiger partial charge in [-0.25, -0.2) is 0 Å². The van der Waals surface area contributed by atoms with Crippen LogP contribution < -0.4 is 31.9 Å². The van der Waals surface area contributed by atoms with Crippen LogP contribution in [0.15, 0.2) is 54.9 Å². The van der Waals surface area contributed by atoms with E-state index in [-0.39, 0.29) is 41.5 Å². The van der Waals surface area contributed by atoms with Gasteiger partial charge in [-0.15, -0.1) is 0 Å². The molecule has 0 spiro atoms. The van der Waals surface area contributed by atoms with Crippen LogP contribution in [-0.4, -0.2) is 77.0 Å². The average Bonchev–Trinajstić information content (AvgIpc) is 3.08. The van der Waals surface area contributed by atoms with Gasteiger partial charge in [0.2, 0.25) is 23.6 Å². The molecule has 7 atom stereocenters. The number of pyridine rings is 1. The number of benzene rings is 1. The molecule has 0 fully saturated rings. The summed E-state index contributed by atoms with van der Waals surface area (Å²) in [6, 6.07) is 9.66. The van der Waals surface area contributed by atoms with Crippen molar-refractivity contribution >= 4 is 23.6 Å². The molecule has 2 aromatic rings. The SMILES string of the molecule is CCC[C@H](NC(=O)[C@@H](NC(O)c1ccncc1)[C@@H](C)CC)C(=O)N[C@H](CN[C@@H](C)C(=O)N[C@@H](Cc1ccccc1)C(=O)NCC)CC(C)C. The van der Waals surface area contributed by atoms with Crippen LogP contribution in [0, 0.1) is 11.8 Å². The first-order valence-electron chi connectivity index (χ1n) is 17.7. The number of carbonyl (C=O) groups excluding carboxylic acids is 4. The Morgan fingerprint density at radius 1 is 0.796 bits per heavy atom. The molecular formula is C37H59N7O5. The van der Waals surface area contributed by atoms with E-state index >= 15 is 0 Å². The Morgan fingerprint density at radius 3 is 2.04 bits per heavy atom. The van der Waals surface area contributed by atoms with Crippen LogP contribution in [0.1, 0.15) is 91.5 Å². The summed E-state index contributed by atoms with van der Waals surface area (Å²) in [7, 11) is 0. The lowest BCUT2D eigenvalue weighted by Gasteiger charge is -2.30. The van der Waals surface area contributed by atoms with Crippen LogP contribution in [0.3, 0.4) is 0 Å². The Balaban J connectivity index is 2.08. The minimum absolute atomic E-state index is 0.118. The predicted molar refractivity (Wildman–Crippen MR) is 192 cm³/mol. The molecule has 4 amide bonds. The van der Waals surface area contributed by atoms with Crippen LogP contribution >= 0.6 is 0 Å². The molecular weight excluding hydrogens is 622 g/mol. The highest BCUT2D eigenvalue weighted by atomic mass is 16.3. The standard InChI is InChI=1S/C37H59N7O5/c1-8-14-30(42-37(49)32(25(6)9-2)44-34(46)28-17-19-38-20-18-28)36(48)41-29(21-24(4)5)23-40-26(7)33(45)43-31(35(47)39-10-3)22-27-15-12-11-13-16-27/h11-13,15-20,24-26,29-32,34,40,44,46H,8-10,14,21-23H2,1-7H3,(H,39,47)(H,41,48)(H,42,49)(H,43,45)/t25-,26-,29-,30-,31-,32-,34?/m0/s1. The number of hydrogen-bond donors (Lipinski definition) is 7. The number of carbonyl (C=O) groups is 4. The lowest BCUT2D eigenvalue weighted by atomic mass is 9.97. The Labute approximate surface area is 292 Å². The molecule has 2 rings (SSSR count). The maximum Gasteiger partial charge on any atom is 0.242 e. The van der Waals surface area contributed by atoms with Gasteiger partial charge >= 0.3 is 0 Å². The fourth-order valence-corrected chi connectivity index (χ4v) is 5.49. The van der Waals surface area contributed by atoms with Crippen molar-refractivity contribution in [2.75, 3.05) is 13.1 Å². The number of likely N-dealkylation sites (N-methyl/N-ethyl adjacent to an activating group) is 1. The number of aromatic nitrogens is 1. The summed E-state index contributed by atoms with van der Waals surface area (Å²) in [5.41, 5.74) is 1.52. The second kappa shape index (κ2) is 22.0. The summed E-state index contributed by atoms with van der Waals surface area (Å²) in [5, 5.41) is 28.8. The highest BCUT2D eigenvalue weighted by Gasteiger charge is 2.31. The Kier molecular flexibility index (Phi) is 18.5. The van der Waals surface area contributed by atoms with Gasteiger partial charge in [0.05, 0.1) is 12.1 Å². The molecule has 12 heteroatoms. The number of nitrogens with one attached hydrogen (secondary N) is 6. The Hall–Kier alpha value is -3.87. The van der Waals surface area contributed by atoms with Crippen molar-refractivity contribution in [2.24, 2.45) is 11.8 Å². The summed E-state index contributed by atoms with van der Waals surface area (Å²) in [4.78, 5) is 57.2. The summed E-state index contributed by atoms with van der Waals surface area (Å²) >= 11 is 0. The first-order valence-corrected chi connectivity index (χ1v) is 17.7. The minimum Gasteiger partial charge on any atom is -0.374 e. The molecule has 0 aliphatic heterocycles. The zero-order valence-electron chi connectivity index (χ0n) is 30.3. The third-order valence-electron chi connectivity index (χ3n) is 8.50. The van der Waals surface area contributed by atoms with Crippen LogP contribution in [0.25, 0.3) is 0 Å². The quantitative estimate of drug-likeness (QED) is 0.0930. The molecule has 272 valence electrons. The molecule has 0 saturated heterocycles. The van der Waals surface area contributed by atoms with E-state index in [9.17, 15) is 24.3 Å². The fourth-order valence-electron chi connectivity index (χ4n) is 5.49. The van der Waals surface area contributed by atoms with Crippen molar-refractivity contribution in [3.63, 3.8) is 0 Å². The number of aliphatic hydroxyl groups excluding tert-OH is 1. The lowest BCUT2D eigenvalue weighted by Crippen LogP contribution is -2.57. The largest absolute Gasteiger partial charge is 0.374 e. The van der Waals surface area contributed by atoms with Crippen molar-refractivity contribution in [1.29, 1.82) is 0 Å². The van der Waals surface area contributed by atoms with Gasteiger partial charge in [0.15, 0.2) is 0 Å². The third-order valence-corrected chi connectivity index (χ3v) is 8.50. The van der Waals surface area contributed by atoms with E-state index in [4.69, 9.17) is 0 Å². The van der Waals surface area contributed by atoms with E-state index in [0.717, 1.165) is 5.56 Å². The first kappa shape index (κ1) is 41.3. The van der Waals surface area contributed by atoms with E-state index < -0.39 is 30.4 Å². The molecule has 0 radical (unpaired) electrons. The van der Waals surface area contributed by atoms with Crippen molar-refractivity contribution in [3.05, 3.63) is 66.0 Å². The smallest absolute Gasteiger partial charge is 0.242 e. The van der Waals surface area contributed by atoms with E-state index in [1.807, 2.05) is 58.0 Å². The van der Waals surface area contributed by atoms with Crippen molar-refractivity contribution in [2.45, 2.75) is 117 Å². The minimum atomic E-state index is -1.08. The maximum absolute atomic E-state index is 13.6. The number of nitrogens with zero attached hydrogens (tertiary/aromatic N) is 1. The third kappa shape index (κ3) is 14.6. The number of rotatable bonds is 22. The van der Waals surface area contributed by atoms with Gasteiger partial charge in [0.25, 0.3) is 0 Å². The van der Waals surface area contributed by atoms with Crippen LogP contribution in [0.2, 0.25) is 0 Å². The lowest BCUT2D eigenvalue weighted by molar-refractivity contribution is -0.132. The van der Waals surface area contributed by atoms with E-state index in [1.54, 1.807) is 31.5 Å². The Morgan fingerprint density at radius 2 is 1.45 bits per heavy atom. The van der Waals surface area contributed by atoms with E-state index in [2.05, 4.69) is 50.7 Å². The van der Waals surface area contributed by atoms with Gasteiger partial charge in [0.1, 0.15) is 18.3 Å². The molecule has 49 heavy (non-hydrogen) atoms. The summed E-state index contributed by atoms with van der Waals surface area (Å²) in [5.74, 6) is -1.12. The molecule has 1 heterocycles. The highest BCUT2D eigenvalue weighted by molar-refractivity contribution is 5.90. The molecule has 0 saturated carbocycles. The molecule has 7 N–H and O–H groups in total. The topological polar surface area (TPSA) is 174 Å². The van der Waals surface area contributed by atoms with Gasteiger partial charge in [-0.05, 0) is 61.8 Å². The molecule has 1 unspecified atom stereocenters. The van der Waals surface area contributed by atoms with Crippen molar-refractivity contribution in [1.82, 2.24) is 36.9 Å². The molecule has 0 aliphatic rings. The van der Waals surface area contributed by atoms with Crippen molar-refractivity contribution < 1.29 is 24.3 Å². The number of hydrogen-bond acceptors (Lipinski definition) is 8. The summed E-state index contributed by atoms with van der Waals surface area (Å²) in [6.07, 6.45) is 4.85. The summed E-state index contributed by atoms with van der Waals surface area (Å²) in [6.45, 7) is 14.3. The molecule has 1 aromatic carbocycles. The maximum atomic E-state index is 13.6. The molecule has 12 nitrogen and oxygen atoms in total. The number of aliphatic hydroxyl groups is 1. The average molecular weight is 682 g/mol. The molecule has 0 aliphatic carbocycles. The zero-order valence-corrected chi connectivity index (χ0v) is 30.3. The fraction of sp³-hybridized carbons (Fsp3) is 0.595. The second-order valence-corrected chi connectivity index (χ2v) is 13.2. The Bertz CT molecular complexity index is 1280. The molecule has 1 aromatic heterocycles. The van der Waals surface area contributed by atoms with Crippen LogP contribution in [0.4, 0.5) is 0 Å². The van der Waals surface area contributed by atoms with E-state index in [1.165, 1.54) is 0 Å². The zero-order chi connectivity index (χ0) is 36.3. The van der Waals surface area contributed by atoms with Gasteiger partial charge in [-0.1, -0.05) is 77.8 Å². The summed E-state index contributed by atoms with van der Waals surface area (Å²) < 4.78 is 0. The van der Waals surface area contributed by atoms with Crippen molar-refractivity contribution in [3.8, 4) is 0 Å². The number of amides is 4. The van der Waals surface area contributed by atoms with Gasteiger partial charge < -0.3 is 31.7 Å². The normalized spacial score (nSPS) is 15.6. The highest BCUT2D eigenvalue weighted by Crippen LogP contribution is 2.16. The monoisotopic (exact) mass is 681 g/mol.